The summed E-state index contributed by atoms with van der Waals surface area (Å²) in [5.74, 6) is -1.88. The average Bonchev–Trinajstić information content (AvgIpc) is 2.29. The molecule has 110 valence electrons. The van der Waals surface area contributed by atoms with Crippen molar-refractivity contribution in [1.82, 2.24) is 4.90 Å². The Bertz CT molecular complexity index is 507. The molecule has 1 N–H and O–H groups in total. The van der Waals surface area contributed by atoms with Crippen molar-refractivity contribution >= 4 is 11.4 Å². The van der Waals surface area contributed by atoms with E-state index in [9.17, 15) is 18.9 Å². The largest absolute Gasteiger partial charge is 0.378 e. The van der Waals surface area contributed by atoms with Gasteiger partial charge in [-0.3, -0.25) is 10.1 Å². The molecular weight excluding hydrogens is 268 g/mol. The van der Waals surface area contributed by atoms with Crippen molar-refractivity contribution in [3.8, 4) is 0 Å². The van der Waals surface area contributed by atoms with Crippen molar-refractivity contribution in [2.75, 3.05) is 26.0 Å². The van der Waals surface area contributed by atoms with E-state index < -0.39 is 22.2 Å². The highest BCUT2D eigenvalue weighted by Gasteiger charge is 2.39. The van der Waals surface area contributed by atoms with Gasteiger partial charge in [0.25, 0.3) is 5.69 Å². The number of non-ortho nitro benzene ring substituents is 1. The third-order valence-corrected chi connectivity index (χ3v) is 4.06. The molecule has 1 aliphatic carbocycles. The van der Waals surface area contributed by atoms with E-state index in [1.165, 1.54) is 0 Å². The average molecular weight is 285 g/mol. The van der Waals surface area contributed by atoms with Gasteiger partial charge < -0.3 is 10.2 Å². The van der Waals surface area contributed by atoms with Crippen molar-refractivity contribution in [2.45, 2.75) is 24.8 Å². The van der Waals surface area contributed by atoms with E-state index >= 15 is 0 Å². The third kappa shape index (κ3) is 2.58. The zero-order chi connectivity index (χ0) is 14.9. The molecule has 20 heavy (non-hydrogen) atoms. The van der Waals surface area contributed by atoms with E-state index in [-0.39, 0.29) is 11.2 Å². The second-order valence-electron chi connectivity index (χ2n) is 5.37. The smallest absolute Gasteiger partial charge is 0.275 e. The van der Waals surface area contributed by atoms with Gasteiger partial charge in [0.05, 0.1) is 17.1 Å². The number of benzene rings is 1. The highest BCUT2D eigenvalue weighted by molar-refractivity contribution is 5.52. The maximum absolute atomic E-state index is 13.7. The van der Waals surface area contributed by atoms with Gasteiger partial charge in [0, 0.05) is 12.1 Å². The van der Waals surface area contributed by atoms with E-state index in [2.05, 4.69) is 5.32 Å². The zero-order valence-corrected chi connectivity index (χ0v) is 11.4. The molecule has 0 saturated heterocycles. The Kier molecular flexibility index (Phi) is 3.89. The number of hydrogen-bond donors (Lipinski definition) is 1. The highest BCUT2D eigenvalue weighted by Crippen LogP contribution is 2.36. The highest BCUT2D eigenvalue weighted by atomic mass is 19.1. The van der Waals surface area contributed by atoms with Gasteiger partial charge in [-0.25, -0.2) is 8.78 Å². The van der Waals surface area contributed by atoms with E-state index in [1.807, 2.05) is 19.0 Å². The van der Waals surface area contributed by atoms with Gasteiger partial charge in [-0.15, -0.1) is 0 Å². The summed E-state index contributed by atoms with van der Waals surface area (Å²) in [6.07, 6.45) is 3.01. The van der Waals surface area contributed by atoms with Crippen LogP contribution in [0.5, 0.6) is 0 Å². The van der Waals surface area contributed by atoms with Crippen LogP contribution in [0.3, 0.4) is 0 Å². The molecule has 0 aliphatic heterocycles. The van der Waals surface area contributed by atoms with Gasteiger partial charge in [-0.1, -0.05) is 0 Å². The number of rotatable bonds is 5. The van der Waals surface area contributed by atoms with Crippen LogP contribution in [0.25, 0.3) is 0 Å². The lowest BCUT2D eigenvalue weighted by Crippen LogP contribution is -2.54. The summed E-state index contributed by atoms with van der Waals surface area (Å²) in [4.78, 5) is 11.8. The van der Waals surface area contributed by atoms with E-state index in [4.69, 9.17) is 0 Å². The lowest BCUT2D eigenvalue weighted by atomic mass is 9.75. The van der Waals surface area contributed by atoms with E-state index in [0.29, 0.717) is 6.54 Å². The Morgan fingerprint density at radius 2 is 1.90 bits per heavy atom. The van der Waals surface area contributed by atoms with Gasteiger partial charge in [0.2, 0.25) is 0 Å². The molecule has 1 fully saturated rings. The Balaban J connectivity index is 2.16. The maximum atomic E-state index is 13.7. The molecule has 0 atom stereocenters. The third-order valence-electron chi connectivity index (χ3n) is 4.06. The first-order valence-electron chi connectivity index (χ1n) is 6.40. The van der Waals surface area contributed by atoms with Crippen LogP contribution in [0.1, 0.15) is 19.3 Å². The first-order valence-corrected chi connectivity index (χ1v) is 6.40. The topological polar surface area (TPSA) is 58.4 Å². The standard InChI is InChI=1S/C13H17F2N3O2/c1-17(2)13(4-3-5-13)8-16-12-10(14)6-9(18(19)20)7-11(12)15/h6-7,16H,3-5,8H2,1-2H3. The van der Waals surface area contributed by atoms with Crippen LogP contribution in [0.2, 0.25) is 0 Å². The fraction of sp³-hybridized carbons (Fsp3) is 0.538. The van der Waals surface area contributed by atoms with Crippen LogP contribution >= 0.6 is 0 Å². The molecule has 7 heteroatoms. The SMILES string of the molecule is CN(C)C1(CNc2c(F)cc([N+](=O)[O-])cc2F)CCC1. The summed E-state index contributed by atoms with van der Waals surface area (Å²) in [5, 5.41) is 13.3. The minimum atomic E-state index is -0.940. The molecule has 2 rings (SSSR count). The van der Waals surface area contributed by atoms with Gasteiger partial charge in [-0.2, -0.15) is 0 Å². The number of nitrogens with one attached hydrogen (secondary N) is 1. The Hall–Kier alpha value is -1.76. The van der Waals surface area contributed by atoms with Crippen molar-refractivity contribution in [2.24, 2.45) is 0 Å². The van der Waals surface area contributed by atoms with Crippen LogP contribution < -0.4 is 5.32 Å². The van der Waals surface area contributed by atoms with Crippen LogP contribution in [-0.4, -0.2) is 36.0 Å². The summed E-state index contributed by atoms with van der Waals surface area (Å²) in [7, 11) is 3.87. The number of halogens is 2. The summed E-state index contributed by atoms with van der Waals surface area (Å²) in [5.41, 5.74) is -0.985. The van der Waals surface area contributed by atoms with Crippen LogP contribution in [-0.2, 0) is 0 Å². The van der Waals surface area contributed by atoms with E-state index in [0.717, 1.165) is 31.4 Å². The molecule has 0 bridgehead atoms. The first-order chi connectivity index (χ1) is 9.35. The van der Waals surface area contributed by atoms with Crippen molar-refractivity contribution in [3.63, 3.8) is 0 Å². The van der Waals surface area contributed by atoms with Crippen molar-refractivity contribution in [1.29, 1.82) is 0 Å². The number of likely N-dealkylation sites (N-methyl/N-ethyl adjacent to an activating group) is 1. The Morgan fingerprint density at radius 1 is 1.35 bits per heavy atom. The summed E-state index contributed by atoms with van der Waals surface area (Å²) in [6, 6.07) is 1.46. The van der Waals surface area contributed by atoms with Crippen molar-refractivity contribution < 1.29 is 13.7 Å². The predicted molar refractivity (Wildman–Crippen MR) is 71.8 cm³/mol. The second kappa shape index (κ2) is 5.32. The fourth-order valence-electron chi connectivity index (χ4n) is 2.45. The van der Waals surface area contributed by atoms with Gasteiger partial charge in [0.1, 0.15) is 5.69 Å². The molecule has 1 aromatic carbocycles. The first kappa shape index (κ1) is 14.6. The molecule has 0 radical (unpaired) electrons. The number of hydrogen-bond acceptors (Lipinski definition) is 4. The number of nitro groups is 1. The molecule has 0 aromatic heterocycles. The van der Waals surface area contributed by atoms with E-state index in [1.54, 1.807) is 0 Å². The zero-order valence-electron chi connectivity index (χ0n) is 11.4. The quantitative estimate of drug-likeness (QED) is 0.667. The molecule has 0 heterocycles. The number of nitro benzene ring substituents is 1. The molecule has 0 unspecified atom stereocenters. The minimum Gasteiger partial charge on any atom is -0.378 e. The molecule has 0 spiro atoms. The second-order valence-corrected chi connectivity index (χ2v) is 5.37. The van der Waals surface area contributed by atoms with Crippen LogP contribution in [0, 0.1) is 21.7 Å². The molecule has 1 saturated carbocycles. The van der Waals surface area contributed by atoms with Crippen LogP contribution in [0.15, 0.2) is 12.1 Å². The van der Waals surface area contributed by atoms with Crippen LogP contribution in [0.4, 0.5) is 20.2 Å². The Morgan fingerprint density at radius 3 is 2.25 bits per heavy atom. The normalized spacial score (nSPS) is 16.9. The van der Waals surface area contributed by atoms with Gasteiger partial charge >= 0.3 is 0 Å². The monoisotopic (exact) mass is 285 g/mol. The fourth-order valence-corrected chi connectivity index (χ4v) is 2.45. The number of anilines is 1. The molecule has 1 aliphatic rings. The van der Waals surface area contributed by atoms with Gasteiger partial charge in [0.15, 0.2) is 11.6 Å². The summed E-state index contributed by atoms with van der Waals surface area (Å²) >= 11 is 0. The van der Waals surface area contributed by atoms with Gasteiger partial charge in [-0.05, 0) is 33.4 Å². The Labute approximate surface area is 115 Å². The molecule has 5 nitrogen and oxygen atoms in total. The summed E-state index contributed by atoms with van der Waals surface area (Å²) in [6.45, 7) is 0.408. The predicted octanol–water partition coefficient (Wildman–Crippen LogP) is 2.77. The molecule has 0 amide bonds. The lowest BCUT2D eigenvalue weighted by molar-refractivity contribution is -0.385. The minimum absolute atomic E-state index is 0.0966. The number of nitrogens with zero attached hydrogens (tertiary/aromatic N) is 2. The maximum Gasteiger partial charge on any atom is 0.275 e. The molecule has 1 aromatic rings. The molecular formula is C13H17F2N3O2. The van der Waals surface area contributed by atoms with Crippen molar-refractivity contribution in [3.05, 3.63) is 33.9 Å². The summed E-state index contributed by atoms with van der Waals surface area (Å²) < 4.78 is 27.5. The lowest BCUT2D eigenvalue weighted by Gasteiger charge is -2.47.